The molecule has 258 valence electrons. The van der Waals surface area contributed by atoms with Gasteiger partial charge < -0.3 is 4.74 Å². The number of rotatable bonds is 4. The van der Waals surface area contributed by atoms with E-state index in [4.69, 9.17) is 4.74 Å². The van der Waals surface area contributed by atoms with Gasteiger partial charge in [0, 0.05) is 11.1 Å². The Labute approximate surface area is 315 Å². The van der Waals surface area contributed by atoms with E-state index < -0.39 is 5.41 Å². The van der Waals surface area contributed by atoms with E-state index >= 15 is 0 Å². The van der Waals surface area contributed by atoms with Crippen LogP contribution in [0, 0.1) is 0 Å². The van der Waals surface area contributed by atoms with Crippen molar-refractivity contribution in [1.29, 1.82) is 0 Å². The zero-order valence-electron chi connectivity index (χ0n) is 29.5. The van der Waals surface area contributed by atoms with Gasteiger partial charge in [0.1, 0.15) is 11.5 Å². The lowest BCUT2D eigenvalue weighted by atomic mass is 9.66. The first-order valence-electron chi connectivity index (χ1n) is 18.8. The molecular weight excluding hydrogens is 659 g/mol. The minimum absolute atomic E-state index is 0.117. The summed E-state index contributed by atoms with van der Waals surface area (Å²) in [5.41, 5.74) is 12.9. The second kappa shape index (κ2) is 12.4. The summed E-state index contributed by atoms with van der Waals surface area (Å²) in [5, 5.41) is 14.4. The zero-order chi connectivity index (χ0) is 35.6. The maximum Gasteiger partial charge on any atom is 0.132 e. The molecule has 1 fully saturated rings. The summed E-state index contributed by atoms with van der Waals surface area (Å²) in [6.07, 6.45) is -0.399. The van der Waals surface area contributed by atoms with Crippen molar-refractivity contribution in [2.24, 2.45) is 0 Å². The lowest BCUT2D eigenvalue weighted by molar-refractivity contribution is 0.204. The third-order valence-corrected chi connectivity index (χ3v) is 11.7. The highest BCUT2D eigenvalue weighted by Gasteiger charge is 2.51. The normalized spacial score (nSPS) is 19.0. The Morgan fingerprint density at radius 2 is 0.944 bits per heavy atom. The minimum atomic E-state index is -0.526. The van der Waals surface area contributed by atoms with Crippen LogP contribution in [0.15, 0.2) is 188 Å². The Morgan fingerprint density at radius 1 is 0.389 bits per heavy atom. The number of benzene rings is 8. The van der Waals surface area contributed by atoms with Crippen molar-refractivity contribution in [3.63, 3.8) is 0 Å². The second-order valence-electron chi connectivity index (χ2n) is 14.6. The van der Waals surface area contributed by atoms with E-state index in [1.807, 2.05) is 0 Å². The Balaban J connectivity index is 1.07. The van der Waals surface area contributed by atoms with Crippen molar-refractivity contribution in [3.8, 4) is 33.8 Å². The van der Waals surface area contributed by atoms with E-state index in [0.29, 0.717) is 0 Å². The molecule has 8 aromatic carbocycles. The van der Waals surface area contributed by atoms with Gasteiger partial charge in [0.05, 0.1) is 23.9 Å². The fraction of sp³-hybridized carbons (Fsp3) is 0.0800. The molecule has 4 nitrogen and oxygen atoms in total. The van der Waals surface area contributed by atoms with E-state index in [1.54, 1.807) is 0 Å². The van der Waals surface area contributed by atoms with E-state index in [2.05, 4.69) is 204 Å². The summed E-state index contributed by atoms with van der Waals surface area (Å²) >= 11 is 0. The van der Waals surface area contributed by atoms with Gasteiger partial charge in [0.25, 0.3) is 0 Å². The molecule has 0 radical (unpaired) electrons. The molecule has 0 amide bonds. The van der Waals surface area contributed by atoms with Crippen molar-refractivity contribution in [3.05, 3.63) is 227 Å². The van der Waals surface area contributed by atoms with Crippen LogP contribution in [0.4, 0.5) is 0 Å². The van der Waals surface area contributed by atoms with Gasteiger partial charge in [-0.25, -0.2) is 0 Å². The average molecular weight is 696 g/mol. The standard InChI is InChI=1S/C50H37N3O/c1-2-13-32(14-3-1)33-25-27-35(28-26-33)47-51-48(53-49(52-47)40-19-12-16-34-15-4-5-17-37(34)40)36-29-30-39-38-18-6-7-20-41(38)50(44(39)31-36)42-21-8-10-23-45(42)54-46-24-11-9-22-43(46)50/h1-31,47-49,51-53H. The highest BCUT2D eigenvalue weighted by atomic mass is 16.5. The van der Waals surface area contributed by atoms with Crippen molar-refractivity contribution in [1.82, 2.24) is 16.0 Å². The molecule has 3 atom stereocenters. The number of para-hydroxylation sites is 2. The first kappa shape index (κ1) is 31.2. The molecule has 0 aromatic heterocycles. The van der Waals surface area contributed by atoms with E-state index in [9.17, 15) is 0 Å². The average Bonchev–Trinajstić information content (AvgIpc) is 3.53. The maximum atomic E-state index is 6.61. The van der Waals surface area contributed by atoms with E-state index in [1.165, 1.54) is 72.0 Å². The zero-order valence-corrected chi connectivity index (χ0v) is 29.5. The molecule has 11 rings (SSSR count). The minimum Gasteiger partial charge on any atom is -0.457 e. The van der Waals surface area contributed by atoms with Gasteiger partial charge in [-0.3, -0.25) is 16.0 Å². The van der Waals surface area contributed by atoms with E-state index in [-0.39, 0.29) is 18.5 Å². The molecule has 3 aliphatic rings. The number of fused-ring (bicyclic) bond motifs is 10. The molecule has 0 bridgehead atoms. The third-order valence-electron chi connectivity index (χ3n) is 11.7. The second-order valence-corrected chi connectivity index (χ2v) is 14.6. The summed E-state index contributed by atoms with van der Waals surface area (Å²) in [4.78, 5) is 0. The first-order chi connectivity index (χ1) is 26.8. The topological polar surface area (TPSA) is 45.3 Å². The number of hydrogen-bond acceptors (Lipinski definition) is 4. The molecule has 54 heavy (non-hydrogen) atoms. The van der Waals surface area contributed by atoms with Crippen molar-refractivity contribution in [2.45, 2.75) is 23.9 Å². The Hall–Kier alpha value is -6.30. The molecule has 3 N–H and O–H groups in total. The molecule has 1 aliphatic carbocycles. The van der Waals surface area contributed by atoms with Crippen LogP contribution >= 0.6 is 0 Å². The largest absolute Gasteiger partial charge is 0.457 e. The first-order valence-corrected chi connectivity index (χ1v) is 18.8. The molecule has 2 heterocycles. The molecular formula is C50H37N3O. The van der Waals surface area contributed by atoms with Gasteiger partial charge in [0.15, 0.2) is 0 Å². The molecule has 1 saturated heterocycles. The Morgan fingerprint density at radius 3 is 1.72 bits per heavy atom. The molecule has 0 saturated carbocycles. The number of ether oxygens (including phenoxy) is 1. The monoisotopic (exact) mass is 695 g/mol. The van der Waals surface area contributed by atoms with Gasteiger partial charge in [0.2, 0.25) is 0 Å². The van der Waals surface area contributed by atoms with Crippen LogP contribution in [-0.2, 0) is 5.41 Å². The summed E-state index contributed by atoms with van der Waals surface area (Å²) < 4.78 is 6.61. The Kier molecular flexibility index (Phi) is 7.17. The highest BCUT2D eigenvalue weighted by molar-refractivity contribution is 5.89. The quantitative estimate of drug-likeness (QED) is 0.172. The number of hydrogen-bond donors (Lipinski definition) is 3. The van der Waals surface area contributed by atoms with Crippen LogP contribution in [0.3, 0.4) is 0 Å². The molecule has 2 aliphatic heterocycles. The van der Waals surface area contributed by atoms with Crippen LogP contribution < -0.4 is 20.7 Å². The van der Waals surface area contributed by atoms with Gasteiger partial charge in [-0.05, 0) is 73.0 Å². The van der Waals surface area contributed by atoms with Crippen molar-refractivity contribution in [2.75, 3.05) is 0 Å². The van der Waals surface area contributed by atoms with Crippen LogP contribution in [-0.4, -0.2) is 0 Å². The fourth-order valence-corrected chi connectivity index (χ4v) is 9.26. The van der Waals surface area contributed by atoms with Gasteiger partial charge in [-0.15, -0.1) is 0 Å². The molecule has 1 spiro atoms. The smallest absolute Gasteiger partial charge is 0.132 e. The Bertz CT molecular complexity index is 2650. The number of nitrogens with one attached hydrogen (secondary N) is 3. The van der Waals surface area contributed by atoms with E-state index in [0.717, 1.165) is 11.5 Å². The van der Waals surface area contributed by atoms with Crippen LogP contribution in [0.1, 0.15) is 57.4 Å². The fourth-order valence-electron chi connectivity index (χ4n) is 9.26. The van der Waals surface area contributed by atoms with Crippen LogP contribution in [0.25, 0.3) is 33.0 Å². The highest BCUT2D eigenvalue weighted by Crippen LogP contribution is 2.62. The molecule has 3 unspecified atom stereocenters. The van der Waals surface area contributed by atoms with Crippen LogP contribution in [0.2, 0.25) is 0 Å². The molecule has 4 heteroatoms. The predicted octanol–water partition coefficient (Wildman–Crippen LogP) is 11.2. The summed E-state index contributed by atoms with van der Waals surface area (Å²) in [5.74, 6) is 1.80. The van der Waals surface area contributed by atoms with Gasteiger partial charge in [-0.2, -0.15) is 0 Å². The van der Waals surface area contributed by atoms with Gasteiger partial charge >= 0.3 is 0 Å². The maximum absolute atomic E-state index is 6.61. The van der Waals surface area contributed by atoms with Crippen LogP contribution in [0.5, 0.6) is 11.5 Å². The van der Waals surface area contributed by atoms with Gasteiger partial charge in [-0.1, -0.05) is 176 Å². The summed E-state index contributed by atoms with van der Waals surface area (Å²) in [6.45, 7) is 0. The summed E-state index contributed by atoms with van der Waals surface area (Å²) in [7, 11) is 0. The third kappa shape index (κ3) is 4.75. The van der Waals surface area contributed by atoms with Crippen molar-refractivity contribution >= 4 is 10.8 Å². The lowest BCUT2D eigenvalue weighted by Crippen LogP contribution is -2.54. The summed E-state index contributed by atoms with van der Waals surface area (Å²) in [6, 6.07) is 67.9. The van der Waals surface area contributed by atoms with Crippen molar-refractivity contribution < 1.29 is 4.74 Å². The SMILES string of the molecule is c1ccc(-c2ccc(C3NC(c4ccc5c(c4)C4(c6ccccc6Oc6ccccc64)c4ccccc4-5)NC(c4cccc5ccccc45)N3)cc2)cc1. The molecule has 8 aromatic rings. The predicted molar refractivity (Wildman–Crippen MR) is 217 cm³/mol. The lowest BCUT2D eigenvalue weighted by Gasteiger charge is -2.41.